The Labute approximate surface area is 134 Å². The molecular weight excluding hydrogens is 295 g/mol. The van der Waals surface area contributed by atoms with Crippen LogP contribution in [0.3, 0.4) is 0 Å². The summed E-state index contributed by atoms with van der Waals surface area (Å²) in [6.45, 7) is 2.48. The molecule has 23 heavy (non-hydrogen) atoms. The number of hydrogen-bond acceptors (Lipinski definition) is 4. The van der Waals surface area contributed by atoms with Gasteiger partial charge in [0.1, 0.15) is 5.82 Å². The Morgan fingerprint density at radius 2 is 2.17 bits per heavy atom. The number of carbonyl (C=O) groups excluding carboxylic acids is 1. The summed E-state index contributed by atoms with van der Waals surface area (Å²) in [6, 6.07) is 5.94. The monoisotopic (exact) mass is 314 g/mol. The normalized spacial score (nSPS) is 19.7. The molecule has 1 fully saturated rings. The maximum Gasteiger partial charge on any atom is 0.244 e. The van der Waals surface area contributed by atoms with Crippen LogP contribution < -0.4 is 10.2 Å². The third-order valence-electron chi connectivity index (χ3n) is 4.06. The molecule has 1 aliphatic rings. The first-order chi connectivity index (χ1) is 11.2. The van der Waals surface area contributed by atoms with Gasteiger partial charge in [-0.15, -0.1) is 0 Å². The van der Waals surface area contributed by atoms with Crippen molar-refractivity contribution >= 4 is 11.6 Å². The fourth-order valence-corrected chi connectivity index (χ4v) is 2.86. The molecule has 1 aromatic heterocycles. The second kappa shape index (κ2) is 6.83. The number of benzene rings is 1. The molecular formula is C17H19FN4O. The van der Waals surface area contributed by atoms with Crippen molar-refractivity contribution in [2.45, 2.75) is 31.8 Å². The van der Waals surface area contributed by atoms with Gasteiger partial charge in [0.25, 0.3) is 0 Å². The molecule has 1 amide bonds. The SMILES string of the molecule is C[C@@H](N[C@H]1CCCN(c2ccccc2F)C1=O)c1cnccn1. The average molecular weight is 314 g/mol. The molecule has 0 saturated carbocycles. The number of halogens is 1. The smallest absolute Gasteiger partial charge is 0.244 e. The molecule has 2 atom stereocenters. The Bertz CT molecular complexity index is 679. The van der Waals surface area contributed by atoms with Gasteiger partial charge >= 0.3 is 0 Å². The van der Waals surface area contributed by atoms with Gasteiger partial charge in [-0.05, 0) is 31.9 Å². The molecule has 6 heteroatoms. The zero-order valence-electron chi connectivity index (χ0n) is 12.9. The van der Waals surface area contributed by atoms with E-state index in [2.05, 4.69) is 15.3 Å². The molecule has 0 aliphatic carbocycles. The summed E-state index contributed by atoms with van der Waals surface area (Å²) in [7, 11) is 0. The predicted octanol–water partition coefficient (Wildman–Crippen LogP) is 2.46. The Morgan fingerprint density at radius 3 is 2.91 bits per heavy atom. The Kier molecular flexibility index (Phi) is 4.62. The quantitative estimate of drug-likeness (QED) is 0.942. The highest BCUT2D eigenvalue weighted by molar-refractivity contribution is 5.98. The lowest BCUT2D eigenvalue weighted by atomic mass is 10.0. The van der Waals surface area contributed by atoms with Crippen LogP contribution in [0.5, 0.6) is 0 Å². The molecule has 0 radical (unpaired) electrons. The maximum atomic E-state index is 14.0. The number of piperidine rings is 1. The topological polar surface area (TPSA) is 58.1 Å². The maximum absolute atomic E-state index is 14.0. The average Bonchev–Trinajstić information content (AvgIpc) is 2.58. The molecule has 0 unspecified atom stereocenters. The summed E-state index contributed by atoms with van der Waals surface area (Å²) in [4.78, 5) is 22.5. The zero-order chi connectivity index (χ0) is 16.2. The van der Waals surface area contributed by atoms with E-state index in [9.17, 15) is 9.18 Å². The molecule has 0 bridgehead atoms. The van der Waals surface area contributed by atoms with Gasteiger partial charge in [0.05, 0.1) is 17.4 Å². The lowest BCUT2D eigenvalue weighted by Crippen LogP contribution is -2.51. The zero-order valence-corrected chi connectivity index (χ0v) is 12.9. The highest BCUT2D eigenvalue weighted by Crippen LogP contribution is 2.24. The number of aromatic nitrogens is 2. The lowest BCUT2D eigenvalue weighted by Gasteiger charge is -2.34. The second-order valence-electron chi connectivity index (χ2n) is 5.65. The van der Waals surface area contributed by atoms with Gasteiger partial charge in [0, 0.05) is 31.2 Å². The van der Waals surface area contributed by atoms with Gasteiger partial charge in [0.2, 0.25) is 5.91 Å². The molecule has 5 nitrogen and oxygen atoms in total. The van der Waals surface area contributed by atoms with Gasteiger partial charge < -0.3 is 4.90 Å². The van der Waals surface area contributed by atoms with Crippen molar-refractivity contribution in [3.8, 4) is 0 Å². The minimum atomic E-state index is -0.372. The molecule has 1 aliphatic heterocycles. The Hall–Kier alpha value is -2.34. The van der Waals surface area contributed by atoms with Crippen molar-refractivity contribution in [1.29, 1.82) is 0 Å². The molecule has 120 valence electrons. The van der Waals surface area contributed by atoms with Crippen LogP contribution in [-0.4, -0.2) is 28.5 Å². The van der Waals surface area contributed by atoms with Crippen LogP contribution in [0, 0.1) is 5.82 Å². The van der Waals surface area contributed by atoms with E-state index in [4.69, 9.17) is 0 Å². The van der Waals surface area contributed by atoms with E-state index in [1.54, 1.807) is 36.8 Å². The number of para-hydroxylation sites is 1. The minimum absolute atomic E-state index is 0.0989. The largest absolute Gasteiger partial charge is 0.308 e. The van der Waals surface area contributed by atoms with Crippen LogP contribution >= 0.6 is 0 Å². The Morgan fingerprint density at radius 1 is 1.35 bits per heavy atom. The Balaban J connectivity index is 1.74. The first kappa shape index (κ1) is 15.6. The molecule has 1 aromatic carbocycles. The molecule has 2 aromatic rings. The lowest BCUT2D eigenvalue weighted by molar-refractivity contribution is -0.122. The van der Waals surface area contributed by atoms with E-state index in [-0.39, 0.29) is 23.8 Å². The van der Waals surface area contributed by atoms with Crippen molar-refractivity contribution in [2.75, 3.05) is 11.4 Å². The van der Waals surface area contributed by atoms with E-state index < -0.39 is 0 Å². The number of carbonyl (C=O) groups is 1. The van der Waals surface area contributed by atoms with Gasteiger partial charge in [-0.3, -0.25) is 20.1 Å². The molecule has 1 N–H and O–H groups in total. The van der Waals surface area contributed by atoms with Gasteiger partial charge in [0.15, 0.2) is 0 Å². The number of nitrogens with one attached hydrogen (secondary N) is 1. The third kappa shape index (κ3) is 3.37. The number of nitrogens with zero attached hydrogens (tertiary/aromatic N) is 3. The van der Waals surface area contributed by atoms with Crippen LogP contribution in [0.4, 0.5) is 10.1 Å². The number of hydrogen-bond donors (Lipinski definition) is 1. The van der Waals surface area contributed by atoms with Gasteiger partial charge in [-0.1, -0.05) is 12.1 Å². The summed E-state index contributed by atoms with van der Waals surface area (Å²) in [5, 5.41) is 3.29. The molecule has 2 heterocycles. The van der Waals surface area contributed by atoms with E-state index in [0.717, 1.165) is 18.5 Å². The number of rotatable bonds is 4. The summed E-state index contributed by atoms with van der Waals surface area (Å²) in [5.74, 6) is -0.472. The van der Waals surface area contributed by atoms with Crippen molar-refractivity contribution in [3.05, 3.63) is 54.4 Å². The van der Waals surface area contributed by atoms with Crippen molar-refractivity contribution in [3.63, 3.8) is 0 Å². The van der Waals surface area contributed by atoms with E-state index in [1.807, 2.05) is 6.92 Å². The van der Waals surface area contributed by atoms with Crippen LogP contribution in [0.1, 0.15) is 31.5 Å². The number of anilines is 1. The predicted molar refractivity (Wildman–Crippen MR) is 85.4 cm³/mol. The van der Waals surface area contributed by atoms with Crippen molar-refractivity contribution in [1.82, 2.24) is 15.3 Å². The summed E-state index contributed by atoms with van der Waals surface area (Å²) < 4.78 is 14.0. The first-order valence-corrected chi connectivity index (χ1v) is 7.74. The fourth-order valence-electron chi connectivity index (χ4n) is 2.86. The highest BCUT2D eigenvalue weighted by atomic mass is 19.1. The molecule has 3 rings (SSSR count). The van der Waals surface area contributed by atoms with Gasteiger partial charge in [-0.2, -0.15) is 0 Å². The number of amides is 1. The van der Waals surface area contributed by atoms with E-state index in [1.165, 1.54) is 11.0 Å². The molecule has 1 saturated heterocycles. The van der Waals surface area contributed by atoms with E-state index in [0.29, 0.717) is 12.2 Å². The first-order valence-electron chi connectivity index (χ1n) is 7.74. The van der Waals surface area contributed by atoms with E-state index >= 15 is 0 Å². The summed E-state index contributed by atoms with van der Waals surface area (Å²) in [6.07, 6.45) is 6.47. The highest BCUT2D eigenvalue weighted by Gasteiger charge is 2.31. The minimum Gasteiger partial charge on any atom is -0.308 e. The van der Waals surface area contributed by atoms with Crippen molar-refractivity contribution in [2.24, 2.45) is 0 Å². The molecule has 0 spiro atoms. The standard InChI is InChI=1S/C17H19FN4O/c1-12(15-11-19-8-9-20-15)21-14-6-4-10-22(17(14)23)16-7-3-2-5-13(16)18/h2-3,5,7-9,11-12,14,21H,4,6,10H2,1H3/t12-,14+/m1/s1. The summed E-state index contributed by atoms with van der Waals surface area (Å²) >= 11 is 0. The van der Waals surface area contributed by atoms with Crippen LogP contribution in [-0.2, 0) is 4.79 Å². The second-order valence-corrected chi connectivity index (χ2v) is 5.65. The van der Waals surface area contributed by atoms with Crippen LogP contribution in [0.2, 0.25) is 0 Å². The fraction of sp³-hybridized carbons (Fsp3) is 0.353. The van der Waals surface area contributed by atoms with Crippen LogP contribution in [0.25, 0.3) is 0 Å². The summed E-state index contributed by atoms with van der Waals surface area (Å²) in [5.41, 5.74) is 1.12. The third-order valence-corrected chi connectivity index (χ3v) is 4.06. The van der Waals surface area contributed by atoms with Crippen LogP contribution in [0.15, 0.2) is 42.9 Å². The van der Waals surface area contributed by atoms with Crippen molar-refractivity contribution < 1.29 is 9.18 Å². The van der Waals surface area contributed by atoms with Gasteiger partial charge in [-0.25, -0.2) is 4.39 Å².